The van der Waals surface area contributed by atoms with Crippen LogP contribution in [-0.2, 0) is 11.2 Å². The highest BCUT2D eigenvalue weighted by Crippen LogP contribution is 2.39. The van der Waals surface area contributed by atoms with Crippen molar-refractivity contribution in [2.45, 2.75) is 109 Å². The fourth-order valence-electron chi connectivity index (χ4n) is 4.62. The summed E-state index contributed by atoms with van der Waals surface area (Å²) in [6.07, 6.45) is 17.0. The molecule has 4 heteroatoms. The van der Waals surface area contributed by atoms with Crippen molar-refractivity contribution in [2.75, 3.05) is 20.3 Å². The van der Waals surface area contributed by atoms with E-state index in [-0.39, 0.29) is 12.5 Å². The summed E-state index contributed by atoms with van der Waals surface area (Å²) in [5.41, 5.74) is 2.19. The van der Waals surface area contributed by atoms with Crippen LogP contribution in [0, 0.1) is 0 Å². The van der Waals surface area contributed by atoms with Gasteiger partial charge in [0.15, 0.2) is 11.5 Å². The van der Waals surface area contributed by atoms with Crippen molar-refractivity contribution in [1.29, 1.82) is 0 Å². The van der Waals surface area contributed by atoms with E-state index < -0.39 is 0 Å². The quantitative estimate of drug-likeness (QED) is 0.276. The molecule has 1 atom stereocenters. The number of Topliss-reactive ketones (excluding diaryl/α,β-unsaturated/α-hetero) is 1. The summed E-state index contributed by atoms with van der Waals surface area (Å²) >= 11 is 0. The molecule has 0 aromatic heterocycles. The molecule has 31 heavy (non-hydrogen) atoms. The van der Waals surface area contributed by atoms with E-state index in [1.807, 2.05) is 12.1 Å². The zero-order valence-electron chi connectivity index (χ0n) is 19.9. The van der Waals surface area contributed by atoms with Crippen LogP contribution in [0.5, 0.6) is 11.5 Å². The number of carbonyl (C=O) groups is 1. The summed E-state index contributed by atoms with van der Waals surface area (Å²) in [7, 11) is 1.67. The maximum Gasteiger partial charge on any atom is 0.161 e. The number of hydrogen-bond donors (Lipinski definition) is 1. The standard InChI is InChI=1S/C27H44O4/c1-3-4-5-6-7-8-9-10-11-12-19-31-27-21-24(23-16-13-17-25(23)29)22(15-14-18-28)20-26(27)30-2/h20-21,23,28H,3-19H2,1-2H3. The van der Waals surface area contributed by atoms with Crippen molar-refractivity contribution in [1.82, 2.24) is 0 Å². The molecule has 0 radical (unpaired) electrons. The number of carbonyl (C=O) groups excluding carboxylic acids is 1. The number of rotatable bonds is 17. The Balaban J connectivity index is 1.83. The molecule has 1 aromatic carbocycles. The zero-order chi connectivity index (χ0) is 22.3. The van der Waals surface area contributed by atoms with Crippen molar-refractivity contribution < 1.29 is 19.4 Å². The van der Waals surface area contributed by atoms with E-state index in [2.05, 4.69) is 6.92 Å². The predicted molar refractivity (Wildman–Crippen MR) is 127 cm³/mol. The molecule has 0 heterocycles. The number of aliphatic hydroxyl groups excluding tert-OH is 1. The van der Waals surface area contributed by atoms with E-state index in [4.69, 9.17) is 9.47 Å². The van der Waals surface area contributed by atoms with Crippen molar-refractivity contribution >= 4 is 5.78 Å². The molecule has 176 valence electrons. The molecule has 0 bridgehead atoms. The van der Waals surface area contributed by atoms with Gasteiger partial charge in [-0.15, -0.1) is 0 Å². The molecule has 1 aliphatic rings. The molecule has 1 unspecified atom stereocenters. The summed E-state index contributed by atoms with van der Waals surface area (Å²) in [6, 6.07) is 4.06. The third-order valence-corrected chi connectivity index (χ3v) is 6.47. The Kier molecular flexibility index (Phi) is 12.7. The minimum absolute atomic E-state index is 0.0284. The fourth-order valence-corrected chi connectivity index (χ4v) is 4.62. The van der Waals surface area contributed by atoms with Crippen LogP contribution in [0.4, 0.5) is 0 Å². The Bertz CT molecular complexity index is 640. The minimum atomic E-state index is -0.0284. The molecule has 0 amide bonds. The van der Waals surface area contributed by atoms with Gasteiger partial charge >= 0.3 is 0 Å². The first-order chi connectivity index (χ1) is 15.2. The van der Waals surface area contributed by atoms with Crippen LogP contribution < -0.4 is 9.47 Å². The molecule has 2 rings (SSSR count). The van der Waals surface area contributed by atoms with Crippen LogP contribution in [0.25, 0.3) is 0 Å². The van der Waals surface area contributed by atoms with Gasteiger partial charge in [-0.2, -0.15) is 0 Å². The lowest BCUT2D eigenvalue weighted by molar-refractivity contribution is -0.118. The van der Waals surface area contributed by atoms with Gasteiger partial charge in [-0.1, -0.05) is 64.7 Å². The highest BCUT2D eigenvalue weighted by atomic mass is 16.5. The van der Waals surface area contributed by atoms with Crippen molar-refractivity contribution in [3.63, 3.8) is 0 Å². The summed E-state index contributed by atoms with van der Waals surface area (Å²) in [5, 5.41) is 9.26. The number of ketones is 1. The molecule has 0 aliphatic heterocycles. The van der Waals surface area contributed by atoms with Crippen LogP contribution in [-0.4, -0.2) is 31.2 Å². The first-order valence-corrected chi connectivity index (χ1v) is 12.7. The molecular formula is C27H44O4. The number of unbranched alkanes of at least 4 members (excludes halogenated alkanes) is 9. The summed E-state index contributed by atoms with van der Waals surface area (Å²) in [6.45, 7) is 3.09. The summed E-state index contributed by atoms with van der Waals surface area (Å²) in [5.74, 6) is 1.78. The number of ether oxygens (including phenoxy) is 2. The van der Waals surface area contributed by atoms with Gasteiger partial charge in [-0.05, 0) is 55.4 Å². The monoisotopic (exact) mass is 432 g/mol. The molecule has 0 saturated heterocycles. The molecule has 1 N–H and O–H groups in total. The highest BCUT2D eigenvalue weighted by molar-refractivity contribution is 5.88. The van der Waals surface area contributed by atoms with Gasteiger partial charge in [0.05, 0.1) is 13.7 Å². The Morgan fingerprint density at radius 1 is 0.935 bits per heavy atom. The molecule has 0 spiro atoms. The lowest BCUT2D eigenvalue weighted by atomic mass is 9.89. The number of methoxy groups -OCH3 is 1. The van der Waals surface area contributed by atoms with Gasteiger partial charge in [0.2, 0.25) is 0 Å². The second-order valence-electron chi connectivity index (χ2n) is 8.97. The molecule has 1 aromatic rings. The Hall–Kier alpha value is -1.55. The number of hydrogen-bond acceptors (Lipinski definition) is 4. The normalized spacial score (nSPS) is 16.1. The zero-order valence-corrected chi connectivity index (χ0v) is 19.9. The lowest BCUT2D eigenvalue weighted by Crippen LogP contribution is -2.10. The van der Waals surface area contributed by atoms with Crippen molar-refractivity contribution in [3.05, 3.63) is 23.3 Å². The van der Waals surface area contributed by atoms with Crippen LogP contribution in [0.15, 0.2) is 12.1 Å². The third kappa shape index (κ3) is 8.84. The first-order valence-electron chi connectivity index (χ1n) is 12.7. The molecule has 4 nitrogen and oxygen atoms in total. The van der Waals surface area contributed by atoms with Gasteiger partial charge < -0.3 is 14.6 Å². The molecular weight excluding hydrogens is 388 g/mol. The van der Waals surface area contributed by atoms with E-state index in [0.29, 0.717) is 25.2 Å². The van der Waals surface area contributed by atoms with Gasteiger partial charge in [0.1, 0.15) is 5.78 Å². The van der Waals surface area contributed by atoms with Gasteiger partial charge in [0, 0.05) is 18.9 Å². The van der Waals surface area contributed by atoms with E-state index in [1.165, 1.54) is 57.8 Å². The topological polar surface area (TPSA) is 55.8 Å². The SMILES string of the molecule is CCCCCCCCCCCCOc1cc(C2CCCC2=O)c(CCCO)cc1OC. The summed E-state index contributed by atoms with van der Waals surface area (Å²) in [4.78, 5) is 12.4. The molecule has 1 saturated carbocycles. The first kappa shape index (κ1) is 25.7. The third-order valence-electron chi connectivity index (χ3n) is 6.47. The number of benzene rings is 1. The van der Waals surface area contributed by atoms with Gasteiger partial charge in [-0.25, -0.2) is 0 Å². The maximum atomic E-state index is 12.4. The molecule has 1 fully saturated rings. The Labute approximate surface area is 189 Å². The highest BCUT2D eigenvalue weighted by Gasteiger charge is 2.29. The second kappa shape index (κ2) is 15.3. The largest absolute Gasteiger partial charge is 0.493 e. The van der Waals surface area contributed by atoms with Crippen LogP contribution in [0.2, 0.25) is 0 Å². The summed E-state index contributed by atoms with van der Waals surface area (Å²) < 4.78 is 11.7. The van der Waals surface area contributed by atoms with E-state index in [0.717, 1.165) is 48.3 Å². The average Bonchev–Trinajstić information content (AvgIpc) is 3.21. The molecule has 1 aliphatic carbocycles. The van der Waals surface area contributed by atoms with Crippen molar-refractivity contribution in [2.24, 2.45) is 0 Å². The predicted octanol–water partition coefficient (Wildman–Crippen LogP) is 6.76. The Morgan fingerprint density at radius 3 is 2.19 bits per heavy atom. The second-order valence-corrected chi connectivity index (χ2v) is 8.97. The Morgan fingerprint density at radius 2 is 1.61 bits per heavy atom. The van der Waals surface area contributed by atoms with Gasteiger partial charge in [0.25, 0.3) is 0 Å². The average molecular weight is 433 g/mol. The van der Waals surface area contributed by atoms with Crippen LogP contribution in [0.3, 0.4) is 0 Å². The smallest absolute Gasteiger partial charge is 0.161 e. The number of aryl methyl sites for hydroxylation is 1. The van der Waals surface area contributed by atoms with Gasteiger partial charge in [-0.3, -0.25) is 4.79 Å². The minimum Gasteiger partial charge on any atom is -0.493 e. The van der Waals surface area contributed by atoms with Crippen LogP contribution in [0.1, 0.15) is 114 Å². The van der Waals surface area contributed by atoms with E-state index in [9.17, 15) is 9.90 Å². The van der Waals surface area contributed by atoms with Crippen LogP contribution >= 0.6 is 0 Å². The van der Waals surface area contributed by atoms with Crippen molar-refractivity contribution in [3.8, 4) is 11.5 Å². The van der Waals surface area contributed by atoms with E-state index >= 15 is 0 Å². The van der Waals surface area contributed by atoms with E-state index in [1.54, 1.807) is 7.11 Å². The maximum absolute atomic E-state index is 12.4. The lowest BCUT2D eigenvalue weighted by Gasteiger charge is -2.19. The fraction of sp³-hybridized carbons (Fsp3) is 0.741. The number of aliphatic hydroxyl groups is 1.